The van der Waals surface area contributed by atoms with Crippen molar-refractivity contribution >= 4 is 34.9 Å². The second-order valence-electron chi connectivity index (χ2n) is 7.73. The number of alkyl halides is 3. The zero-order valence-corrected chi connectivity index (χ0v) is 18.2. The lowest BCUT2D eigenvalue weighted by Crippen LogP contribution is -2.37. The van der Waals surface area contributed by atoms with Crippen molar-refractivity contribution in [3.05, 3.63) is 52.4 Å². The van der Waals surface area contributed by atoms with Crippen LogP contribution in [0.5, 0.6) is 0 Å². The maximum absolute atomic E-state index is 13.1. The quantitative estimate of drug-likeness (QED) is 0.539. The Hall–Kier alpha value is -2.99. The van der Waals surface area contributed by atoms with Crippen LogP contribution in [0.4, 0.5) is 23.9 Å². The summed E-state index contributed by atoms with van der Waals surface area (Å²) >= 11 is 0.822. The third kappa shape index (κ3) is 6.08. The first-order chi connectivity index (χ1) is 15.8. The highest BCUT2D eigenvalue weighted by Crippen LogP contribution is 2.31. The number of hydrogen-bond donors (Lipinski definition) is 3. The number of hydrogen-bond acceptors (Lipinski definition) is 8. The van der Waals surface area contributed by atoms with Crippen molar-refractivity contribution in [2.75, 3.05) is 5.32 Å². The Kier molecular flexibility index (Phi) is 6.94. The van der Waals surface area contributed by atoms with Gasteiger partial charge in [0.15, 0.2) is 0 Å². The molecule has 8 nitrogen and oxygen atoms in total. The number of rotatable bonds is 6. The summed E-state index contributed by atoms with van der Waals surface area (Å²) in [5.74, 6) is -0.0317. The molecule has 0 bridgehead atoms. The van der Waals surface area contributed by atoms with Gasteiger partial charge in [0, 0.05) is 31.0 Å². The average molecular weight is 479 g/mol. The van der Waals surface area contributed by atoms with Gasteiger partial charge in [-0.05, 0) is 61.7 Å². The molecular formula is C21H21F3N6O2S. The van der Waals surface area contributed by atoms with E-state index in [0.29, 0.717) is 11.6 Å². The van der Waals surface area contributed by atoms with Crippen LogP contribution >= 0.6 is 11.8 Å². The van der Waals surface area contributed by atoms with Crippen molar-refractivity contribution in [3.63, 3.8) is 0 Å². The van der Waals surface area contributed by atoms with E-state index in [2.05, 4.69) is 30.9 Å². The van der Waals surface area contributed by atoms with Crippen LogP contribution in [0.15, 0.2) is 35.5 Å². The third-order valence-electron chi connectivity index (χ3n) is 5.41. The molecule has 1 saturated carbocycles. The molecule has 2 fully saturated rings. The first-order valence-electron chi connectivity index (χ1n) is 10.4. The van der Waals surface area contributed by atoms with Gasteiger partial charge >= 0.3 is 6.18 Å². The Morgan fingerprint density at radius 2 is 1.85 bits per heavy atom. The van der Waals surface area contributed by atoms with Crippen LogP contribution in [0.2, 0.25) is 0 Å². The van der Waals surface area contributed by atoms with Crippen LogP contribution in [0.3, 0.4) is 0 Å². The molecule has 3 heterocycles. The summed E-state index contributed by atoms with van der Waals surface area (Å²) in [6.45, 7) is 0.0619. The number of imide groups is 1. The Labute approximate surface area is 191 Å². The minimum atomic E-state index is -4.42. The summed E-state index contributed by atoms with van der Waals surface area (Å²) in [5, 5.41) is 8.25. The number of pyridine rings is 1. The summed E-state index contributed by atoms with van der Waals surface area (Å²) in [4.78, 5) is 35.7. The monoisotopic (exact) mass is 478 g/mol. The molecule has 0 radical (unpaired) electrons. The fourth-order valence-corrected chi connectivity index (χ4v) is 4.45. The zero-order chi connectivity index (χ0) is 23.4. The molecule has 2 aromatic rings. The summed E-state index contributed by atoms with van der Waals surface area (Å²) in [7, 11) is 0. The second-order valence-corrected chi connectivity index (χ2v) is 8.74. The van der Waals surface area contributed by atoms with Gasteiger partial charge < -0.3 is 10.6 Å². The van der Waals surface area contributed by atoms with Crippen LogP contribution in [-0.2, 0) is 17.5 Å². The van der Waals surface area contributed by atoms with Crippen molar-refractivity contribution in [2.24, 2.45) is 0 Å². The van der Waals surface area contributed by atoms with Gasteiger partial charge in [-0.25, -0.2) is 9.97 Å². The second kappa shape index (κ2) is 9.87. The molecule has 12 heteroatoms. The molecule has 0 spiro atoms. The minimum Gasteiger partial charge on any atom is -0.351 e. The summed E-state index contributed by atoms with van der Waals surface area (Å²) in [5.41, 5.74) is -0.205. The summed E-state index contributed by atoms with van der Waals surface area (Å²) in [6, 6.07) is 4.20. The Morgan fingerprint density at radius 3 is 2.55 bits per heavy atom. The van der Waals surface area contributed by atoms with E-state index in [1.54, 1.807) is 12.3 Å². The Bertz CT molecular complexity index is 1070. The van der Waals surface area contributed by atoms with E-state index in [-0.39, 0.29) is 29.2 Å². The van der Waals surface area contributed by atoms with Gasteiger partial charge in [-0.3, -0.25) is 19.9 Å². The Balaban J connectivity index is 1.29. The fourth-order valence-electron chi connectivity index (χ4n) is 3.78. The van der Waals surface area contributed by atoms with Gasteiger partial charge in [0.05, 0.1) is 21.9 Å². The fraction of sp³-hybridized carbons (Fsp3) is 0.381. The van der Waals surface area contributed by atoms with Gasteiger partial charge in [0.2, 0.25) is 5.95 Å². The van der Waals surface area contributed by atoms with E-state index in [9.17, 15) is 22.8 Å². The number of carbonyl (C=O) groups is 2. The molecular weight excluding hydrogens is 457 g/mol. The molecule has 0 atom stereocenters. The van der Waals surface area contributed by atoms with E-state index in [1.165, 1.54) is 18.3 Å². The molecule has 2 amide bonds. The lowest BCUT2D eigenvalue weighted by molar-refractivity contribution is -0.138. The van der Waals surface area contributed by atoms with E-state index in [0.717, 1.165) is 43.5 Å². The molecule has 1 aliphatic carbocycles. The molecule has 2 aliphatic rings. The standard InChI is InChI=1S/C21H21F3N6O2S/c22-21(23,24)15-2-1-8-25-16(15)11-27-12-3-5-13(6-4-12)28-19-26-9-7-14(29-19)10-17-18(31)30-20(32)33-17/h1-2,7-10,12-13,27H,3-6,11H2,(H,26,28,29)(H,30,31,32)/b17-10-. The van der Waals surface area contributed by atoms with Crippen molar-refractivity contribution < 1.29 is 22.8 Å². The lowest BCUT2D eigenvalue weighted by Gasteiger charge is -2.30. The largest absolute Gasteiger partial charge is 0.418 e. The maximum atomic E-state index is 13.1. The van der Waals surface area contributed by atoms with Crippen LogP contribution < -0.4 is 16.0 Å². The summed E-state index contributed by atoms with van der Waals surface area (Å²) in [6.07, 6.45) is 3.22. The van der Waals surface area contributed by atoms with Crippen molar-refractivity contribution in [2.45, 2.75) is 50.5 Å². The van der Waals surface area contributed by atoms with Crippen molar-refractivity contribution in [1.82, 2.24) is 25.6 Å². The number of anilines is 1. The molecule has 4 rings (SSSR count). The molecule has 1 saturated heterocycles. The number of amides is 2. The molecule has 0 unspecified atom stereocenters. The molecule has 0 aromatic carbocycles. The highest BCUT2D eigenvalue weighted by molar-refractivity contribution is 8.18. The van der Waals surface area contributed by atoms with E-state index in [4.69, 9.17) is 0 Å². The Morgan fingerprint density at radius 1 is 1.09 bits per heavy atom. The van der Waals surface area contributed by atoms with Gasteiger partial charge in [0.25, 0.3) is 11.1 Å². The van der Waals surface area contributed by atoms with E-state index < -0.39 is 22.9 Å². The number of nitrogens with zero attached hydrogens (tertiary/aromatic N) is 3. The lowest BCUT2D eigenvalue weighted by atomic mass is 9.91. The van der Waals surface area contributed by atoms with Gasteiger partial charge in [-0.15, -0.1) is 0 Å². The normalized spacial score (nSPS) is 22.5. The first kappa shape index (κ1) is 23.2. The van der Waals surface area contributed by atoms with Gasteiger partial charge in [0.1, 0.15) is 0 Å². The number of carbonyl (C=O) groups excluding carboxylic acids is 2. The van der Waals surface area contributed by atoms with Crippen LogP contribution in [-0.4, -0.2) is 38.2 Å². The topological polar surface area (TPSA) is 109 Å². The first-order valence-corrected chi connectivity index (χ1v) is 11.2. The zero-order valence-electron chi connectivity index (χ0n) is 17.4. The van der Waals surface area contributed by atoms with Gasteiger partial charge in [-0.1, -0.05) is 0 Å². The number of thioether (sulfide) groups is 1. The number of aromatic nitrogens is 3. The van der Waals surface area contributed by atoms with Crippen molar-refractivity contribution in [3.8, 4) is 0 Å². The predicted molar refractivity (Wildman–Crippen MR) is 117 cm³/mol. The minimum absolute atomic E-state index is 0.000362. The molecule has 1 aliphatic heterocycles. The molecule has 174 valence electrons. The van der Waals surface area contributed by atoms with E-state index in [1.807, 2.05) is 0 Å². The highest BCUT2D eigenvalue weighted by atomic mass is 32.2. The predicted octanol–water partition coefficient (Wildman–Crippen LogP) is 3.73. The molecule has 3 N–H and O–H groups in total. The molecule has 2 aromatic heterocycles. The van der Waals surface area contributed by atoms with E-state index >= 15 is 0 Å². The van der Waals surface area contributed by atoms with Crippen molar-refractivity contribution in [1.29, 1.82) is 0 Å². The average Bonchev–Trinajstić information content (AvgIpc) is 3.09. The third-order valence-corrected chi connectivity index (χ3v) is 6.22. The van der Waals surface area contributed by atoms with Crippen LogP contribution in [0.25, 0.3) is 6.08 Å². The maximum Gasteiger partial charge on any atom is 0.418 e. The number of halogens is 3. The number of nitrogens with one attached hydrogen (secondary N) is 3. The summed E-state index contributed by atoms with van der Waals surface area (Å²) < 4.78 is 39.4. The smallest absolute Gasteiger partial charge is 0.351 e. The van der Waals surface area contributed by atoms with Gasteiger partial charge in [-0.2, -0.15) is 13.2 Å². The van der Waals surface area contributed by atoms with Crippen LogP contribution in [0, 0.1) is 0 Å². The van der Waals surface area contributed by atoms with Crippen LogP contribution in [0.1, 0.15) is 42.6 Å². The SMILES string of the molecule is O=C1NC(=O)/C(=C/c2ccnc(NC3CCC(NCc4ncccc4C(F)(F)F)CC3)n2)S1. The highest BCUT2D eigenvalue weighted by Gasteiger charge is 2.34. The molecule has 33 heavy (non-hydrogen) atoms.